The van der Waals surface area contributed by atoms with E-state index in [2.05, 4.69) is 10.1 Å². The van der Waals surface area contributed by atoms with E-state index in [1.54, 1.807) is 18.3 Å². The molecule has 2 aromatic heterocycles. The van der Waals surface area contributed by atoms with Gasteiger partial charge in [0.15, 0.2) is 22.8 Å². The summed E-state index contributed by atoms with van der Waals surface area (Å²) in [4.78, 5) is 4.03. The second kappa shape index (κ2) is 10.9. The van der Waals surface area contributed by atoms with Crippen LogP contribution in [0, 0.1) is 11.6 Å². The van der Waals surface area contributed by atoms with Gasteiger partial charge in [0.05, 0.1) is 13.3 Å². The maximum absolute atomic E-state index is 15.1. The Kier molecular flexibility index (Phi) is 8.13. The van der Waals surface area contributed by atoms with Crippen molar-refractivity contribution in [3.05, 3.63) is 78.0 Å². The topological polar surface area (TPSA) is 85.7 Å². The molecule has 0 aliphatic rings. The minimum absolute atomic E-state index is 0.0714. The van der Waals surface area contributed by atoms with Crippen LogP contribution in [0.3, 0.4) is 0 Å². The lowest BCUT2D eigenvalue weighted by atomic mass is 9.87. The summed E-state index contributed by atoms with van der Waals surface area (Å²) in [5, 5.41) is 14.4. The predicted octanol–water partition coefficient (Wildman–Crippen LogP) is 5.54. The Balaban J connectivity index is 0.00000115. The molecule has 1 unspecified atom stereocenters. The summed E-state index contributed by atoms with van der Waals surface area (Å²) < 4.78 is 74.7. The monoisotopic (exact) mass is 508 g/mol. The third kappa shape index (κ3) is 5.73. The van der Waals surface area contributed by atoms with Gasteiger partial charge in [-0.05, 0) is 55.3 Å². The number of alkyl halides is 3. The van der Waals surface area contributed by atoms with Crippen LogP contribution >= 0.6 is 0 Å². The number of nitrogen functional groups attached to an aromatic ring is 1. The molecule has 6 nitrogen and oxygen atoms in total. The molecule has 0 bridgehead atoms. The molecular formula is C25H25F5N4O2. The van der Waals surface area contributed by atoms with Gasteiger partial charge in [-0.2, -0.15) is 4.98 Å². The van der Waals surface area contributed by atoms with E-state index >= 15 is 4.39 Å². The first-order valence-corrected chi connectivity index (χ1v) is 11.0. The number of rotatable bonds is 7. The first-order valence-electron chi connectivity index (χ1n) is 11.0. The minimum atomic E-state index is -3.63. The van der Waals surface area contributed by atoms with E-state index in [1.165, 1.54) is 29.6 Å². The zero-order valence-corrected chi connectivity index (χ0v) is 19.6. The number of anilines is 1. The summed E-state index contributed by atoms with van der Waals surface area (Å²) in [6.07, 6.45) is 0.672. The van der Waals surface area contributed by atoms with Gasteiger partial charge in [0.2, 0.25) is 5.95 Å². The zero-order chi connectivity index (χ0) is 26.5. The van der Waals surface area contributed by atoms with E-state index in [4.69, 9.17) is 10.5 Å². The fourth-order valence-electron chi connectivity index (χ4n) is 3.43. The Labute approximate surface area is 204 Å². The first kappa shape index (κ1) is 26.9. The van der Waals surface area contributed by atoms with Crippen LogP contribution in [-0.4, -0.2) is 38.9 Å². The number of hydrogen-bond donors (Lipinski definition) is 2. The van der Waals surface area contributed by atoms with Crippen molar-refractivity contribution in [1.29, 1.82) is 0 Å². The van der Waals surface area contributed by atoms with E-state index < -0.39 is 36.2 Å². The molecule has 0 saturated heterocycles. The molecule has 11 heteroatoms. The van der Waals surface area contributed by atoms with Crippen molar-refractivity contribution in [2.24, 2.45) is 0 Å². The number of nitrogens with two attached hydrogens (primary N) is 1. The summed E-state index contributed by atoms with van der Waals surface area (Å²) in [6.45, 7) is 1.58. The molecule has 0 aliphatic heterocycles. The smallest absolute Gasteiger partial charge is 0.283 e. The maximum Gasteiger partial charge on any atom is 0.283 e. The van der Waals surface area contributed by atoms with Crippen molar-refractivity contribution >= 4 is 11.6 Å². The quantitative estimate of drug-likeness (QED) is 0.320. The summed E-state index contributed by atoms with van der Waals surface area (Å²) in [5.74, 6) is -5.11. The lowest BCUT2D eigenvalue weighted by Gasteiger charge is -2.33. The van der Waals surface area contributed by atoms with E-state index in [0.29, 0.717) is 11.2 Å². The molecule has 0 aliphatic carbocycles. The highest BCUT2D eigenvalue weighted by molar-refractivity contribution is 5.69. The van der Waals surface area contributed by atoms with Crippen molar-refractivity contribution in [3.8, 4) is 16.9 Å². The summed E-state index contributed by atoms with van der Waals surface area (Å²) >= 11 is 0. The molecule has 192 valence electrons. The van der Waals surface area contributed by atoms with Crippen LogP contribution in [0.25, 0.3) is 16.8 Å². The molecule has 0 saturated carbocycles. The summed E-state index contributed by atoms with van der Waals surface area (Å²) in [5.41, 5.74) is 3.92. The number of pyridine rings is 1. The van der Waals surface area contributed by atoms with E-state index in [1.807, 2.05) is 0 Å². The van der Waals surface area contributed by atoms with Crippen LogP contribution in [0.2, 0.25) is 0 Å². The van der Waals surface area contributed by atoms with Gasteiger partial charge < -0.3 is 15.6 Å². The largest absolute Gasteiger partial charge is 0.490 e. The Morgan fingerprint density at radius 2 is 1.75 bits per heavy atom. The number of benzene rings is 2. The molecule has 0 amide bonds. The molecule has 4 rings (SSSR count). The lowest BCUT2D eigenvalue weighted by Crippen LogP contribution is -2.43. The van der Waals surface area contributed by atoms with Crippen molar-refractivity contribution in [1.82, 2.24) is 14.6 Å². The van der Waals surface area contributed by atoms with Gasteiger partial charge in [0.25, 0.3) is 5.92 Å². The number of nitrogens with zero attached hydrogens (tertiary/aromatic N) is 3. The van der Waals surface area contributed by atoms with Gasteiger partial charge in [0.1, 0.15) is 5.82 Å². The van der Waals surface area contributed by atoms with Gasteiger partial charge in [-0.1, -0.05) is 24.3 Å². The minimum Gasteiger partial charge on any atom is -0.490 e. The third-order valence-electron chi connectivity index (χ3n) is 5.42. The number of hydrogen-bond acceptors (Lipinski definition) is 5. The SMILES string of the molecule is CC(O)(c1ccc(F)cc1)C(F)(F)CCOc1cccc(-c2ccn3nc(N)nc3c2)c1F.CCF. The highest BCUT2D eigenvalue weighted by atomic mass is 19.3. The molecule has 36 heavy (non-hydrogen) atoms. The van der Waals surface area contributed by atoms with Crippen LogP contribution in [0.15, 0.2) is 60.8 Å². The highest BCUT2D eigenvalue weighted by Crippen LogP contribution is 2.40. The fourth-order valence-corrected chi connectivity index (χ4v) is 3.43. The first-order chi connectivity index (χ1) is 17.0. The molecular weight excluding hydrogens is 483 g/mol. The molecule has 2 aromatic carbocycles. The van der Waals surface area contributed by atoms with Gasteiger partial charge >= 0.3 is 0 Å². The summed E-state index contributed by atoms with van der Waals surface area (Å²) in [6, 6.07) is 11.7. The normalized spacial score (nSPS) is 13.1. The summed E-state index contributed by atoms with van der Waals surface area (Å²) in [7, 11) is 0. The molecule has 0 spiro atoms. The number of fused-ring (bicyclic) bond motifs is 1. The predicted molar refractivity (Wildman–Crippen MR) is 125 cm³/mol. The average Bonchev–Trinajstić information content (AvgIpc) is 3.20. The molecule has 0 fully saturated rings. The highest BCUT2D eigenvalue weighted by Gasteiger charge is 2.49. The molecule has 2 heterocycles. The van der Waals surface area contributed by atoms with Crippen LogP contribution < -0.4 is 10.5 Å². The van der Waals surface area contributed by atoms with Crippen molar-refractivity contribution in [2.45, 2.75) is 31.8 Å². The average molecular weight is 508 g/mol. The van der Waals surface area contributed by atoms with Crippen LogP contribution in [0.5, 0.6) is 5.75 Å². The second-order valence-corrected chi connectivity index (χ2v) is 7.96. The second-order valence-electron chi connectivity index (χ2n) is 7.96. The molecule has 0 radical (unpaired) electrons. The Hall–Kier alpha value is -3.73. The fraction of sp³-hybridized carbons (Fsp3) is 0.280. The molecule has 1 atom stereocenters. The van der Waals surface area contributed by atoms with E-state index in [0.717, 1.165) is 31.2 Å². The van der Waals surface area contributed by atoms with E-state index in [-0.39, 0.29) is 29.5 Å². The standard InChI is InChI=1S/C23H20F4N4O2.C2H5F/c1-22(32,15-5-7-16(24)8-6-15)23(26,27)10-12-33-18-4-2-3-17(20(18)25)14-9-11-31-19(13-14)29-21(28)30-31;1-2-3/h2-9,11,13,32H,10,12H2,1H3,(H2,28,30);2H2,1H3. The van der Waals surface area contributed by atoms with E-state index in [9.17, 15) is 22.7 Å². The molecule has 4 aromatic rings. The van der Waals surface area contributed by atoms with Gasteiger partial charge in [-0.25, -0.2) is 22.1 Å². The number of aliphatic hydroxyl groups is 1. The lowest BCUT2D eigenvalue weighted by molar-refractivity contribution is -0.184. The third-order valence-corrected chi connectivity index (χ3v) is 5.42. The number of aromatic nitrogens is 3. The number of halogens is 5. The van der Waals surface area contributed by atoms with Gasteiger partial charge in [0, 0.05) is 18.2 Å². The Morgan fingerprint density at radius 3 is 2.42 bits per heavy atom. The zero-order valence-electron chi connectivity index (χ0n) is 19.6. The van der Waals surface area contributed by atoms with Crippen molar-refractivity contribution in [2.75, 3.05) is 19.0 Å². The van der Waals surface area contributed by atoms with Crippen molar-refractivity contribution < 1.29 is 31.8 Å². The maximum atomic E-state index is 15.1. The van der Waals surface area contributed by atoms with Crippen molar-refractivity contribution in [3.63, 3.8) is 0 Å². The Bertz CT molecular complexity index is 1310. The Morgan fingerprint density at radius 1 is 1.08 bits per heavy atom. The van der Waals surface area contributed by atoms with Crippen LogP contribution in [-0.2, 0) is 5.60 Å². The van der Waals surface area contributed by atoms with Crippen LogP contribution in [0.1, 0.15) is 25.8 Å². The molecule has 3 N–H and O–H groups in total. The van der Waals surface area contributed by atoms with Gasteiger partial charge in [-0.15, -0.1) is 5.10 Å². The van der Waals surface area contributed by atoms with Crippen LogP contribution in [0.4, 0.5) is 27.9 Å². The number of ether oxygens (including phenoxy) is 1. The van der Waals surface area contributed by atoms with Gasteiger partial charge in [-0.3, -0.25) is 4.39 Å².